The Morgan fingerprint density at radius 1 is 1.14 bits per heavy atom. The number of aromatic nitrogens is 2. The molecule has 150 valence electrons. The smallest absolute Gasteiger partial charge is 0.359 e. The molecule has 3 aromatic rings. The number of esters is 1. The number of amides is 2. The lowest BCUT2D eigenvalue weighted by Crippen LogP contribution is -2.37. The van der Waals surface area contributed by atoms with Gasteiger partial charge in [-0.3, -0.25) is 14.7 Å². The van der Waals surface area contributed by atoms with Crippen LogP contribution < -0.4 is 10.1 Å². The van der Waals surface area contributed by atoms with Gasteiger partial charge in [0.25, 0.3) is 5.91 Å². The fourth-order valence-electron chi connectivity index (χ4n) is 2.63. The Kier molecular flexibility index (Phi) is 6.08. The Bertz CT molecular complexity index is 1050. The normalized spacial score (nSPS) is 10.4. The first-order valence-corrected chi connectivity index (χ1v) is 8.76. The van der Waals surface area contributed by atoms with Crippen LogP contribution in [0.3, 0.4) is 0 Å². The average Bonchev–Trinajstić information content (AvgIpc) is 3.16. The predicted octanol–water partition coefficient (Wildman–Crippen LogP) is 1.83. The number of hydrogen-bond donors (Lipinski definition) is 2. The van der Waals surface area contributed by atoms with Crippen molar-refractivity contribution in [3.63, 3.8) is 0 Å². The molecule has 0 unspecified atom stereocenters. The number of H-pyrrole nitrogens is 1. The molecular weight excluding hydrogens is 376 g/mol. The number of benzene rings is 2. The Morgan fingerprint density at radius 3 is 2.72 bits per heavy atom. The van der Waals surface area contributed by atoms with Gasteiger partial charge in [0.1, 0.15) is 5.75 Å². The van der Waals surface area contributed by atoms with Crippen molar-refractivity contribution in [3.8, 4) is 5.75 Å². The highest BCUT2D eigenvalue weighted by Crippen LogP contribution is 2.17. The van der Waals surface area contributed by atoms with E-state index in [2.05, 4.69) is 15.5 Å². The Hall–Kier alpha value is -3.88. The summed E-state index contributed by atoms with van der Waals surface area (Å²) in [5.41, 5.74) is 1.34. The van der Waals surface area contributed by atoms with E-state index in [4.69, 9.17) is 9.47 Å². The maximum absolute atomic E-state index is 12.2. The van der Waals surface area contributed by atoms with E-state index in [0.29, 0.717) is 22.3 Å². The van der Waals surface area contributed by atoms with E-state index in [-0.39, 0.29) is 12.2 Å². The molecule has 9 heteroatoms. The summed E-state index contributed by atoms with van der Waals surface area (Å²) in [6.07, 6.45) is 0. The monoisotopic (exact) mass is 396 g/mol. The Morgan fingerprint density at radius 2 is 1.93 bits per heavy atom. The molecule has 2 aromatic carbocycles. The number of fused-ring (bicyclic) bond motifs is 1. The van der Waals surface area contributed by atoms with E-state index < -0.39 is 24.4 Å². The molecule has 0 saturated heterocycles. The lowest BCUT2D eigenvalue weighted by atomic mass is 10.2. The van der Waals surface area contributed by atoms with Crippen LogP contribution in [-0.4, -0.2) is 60.2 Å². The third-order valence-corrected chi connectivity index (χ3v) is 4.15. The summed E-state index contributed by atoms with van der Waals surface area (Å²) in [7, 11) is 2.98. The van der Waals surface area contributed by atoms with Crippen molar-refractivity contribution in [3.05, 3.63) is 54.2 Å². The summed E-state index contributed by atoms with van der Waals surface area (Å²) >= 11 is 0. The fourth-order valence-corrected chi connectivity index (χ4v) is 2.63. The molecule has 29 heavy (non-hydrogen) atoms. The summed E-state index contributed by atoms with van der Waals surface area (Å²) in [5.74, 6) is -1.02. The topological polar surface area (TPSA) is 114 Å². The van der Waals surface area contributed by atoms with Crippen molar-refractivity contribution in [2.75, 3.05) is 32.6 Å². The SMILES string of the molecule is COc1cccc(NC(=O)CN(C)C(=O)COC(=O)c2n[nH]c3ccccc23)c1. The minimum absolute atomic E-state index is 0.104. The molecule has 1 aromatic heterocycles. The highest BCUT2D eigenvalue weighted by atomic mass is 16.5. The fraction of sp³-hybridized carbons (Fsp3) is 0.200. The molecule has 1 heterocycles. The number of methoxy groups -OCH3 is 1. The molecule has 0 aliphatic rings. The van der Waals surface area contributed by atoms with Crippen LogP contribution in [0.4, 0.5) is 5.69 Å². The van der Waals surface area contributed by atoms with Gasteiger partial charge in [-0.25, -0.2) is 4.79 Å². The largest absolute Gasteiger partial charge is 0.497 e. The minimum Gasteiger partial charge on any atom is -0.497 e. The Balaban J connectivity index is 1.51. The van der Waals surface area contributed by atoms with Gasteiger partial charge in [0, 0.05) is 24.2 Å². The number of carbonyl (C=O) groups excluding carboxylic acids is 3. The summed E-state index contributed by atoms with van der Waals surface area (Å²) in [5, 5.41) is 9.94. The second kappa shape index (κ2) is 8.87. The zero-order valence-corrected chi connectivity index (χ0v) is 16.0. The van der Waals surface area contributed by atoms with Crippen LogP contribution in [0.2, 0.25) is 0 Å². The molecule has 0 fully saturated rings. The molecule has 2 amide bonds. The molecule has 0 bridgehead atoms. The highest BCUT2D eigenvalue weighted by Gasteiger charge is 2.19. The van der Waals surface area contributed by atoms with E-state index in [9.17, 15) is 14.4 Å². The van der Waals surface area contributed by atoms with Crippen LogP contribution in [0.25, 0.3) is 10.9 Å². The second-order valence-corrected chi connectivity index (χ2v) is 6.22. The third-order valence-electron chi connectivity index (χ3n) is 4.15. The van der Waals surface area contributed by atoms with Crippen molar-refractivity contribution >= 4 is 34.4 Å². The molecule has 0 aliphatic heterocycles. The molecule has 2 N–H and O–H groups in total. The number of nitrogens with zero attached hydrogens (tertiary/aromatic N) is 2. The van der Waals surface area contributed by atoms with Crippen molar-refractivity contribution in [2.24, 2.45) is 0 Å². The quantitative estimate of drug-likeness (QED) is 0.589. The third kappa shape index (κ3) is 4.89. The van der Waals surface area contributed by atoms with Crippen molar-refractivity contribution in [1.29, 1.82) is 0 Å². The number of ether oxygens (including phenoxy) is 2. The number of hydrogen-bond acceptors (Lipinski definition) is 6. The number of likely N-dealkylation sites (N-methyl/N-ethyl adjacent to an activating group) is 1. The van der Waals surface area contributed by atoms with Crippen LogP contribution in [0, 0.1) is 0 Å². The molecule has 0 atom stereocenters. The zero-order chi connectivity index (χ0) is 20.8. The summed E-state index contributed by atoms with van der Waals surface area (Å²) in [6.45, 7) is -0.693. The molecule has 0 radical (unpaired) electrons. The first kappa shape index (κ1) is 19.9. The Labute approximate surface area is 166 Å². The van der Waals surface area contributed by atoms with Crippen LogP contribution in [0.1, 0.15) is 10.5 Å². The standard InChI is InChI=1S/C20H20N4O5/c1-24(11-17(25)21-13-6-5-7-14(10-13)28-2)18(26)12-29-20(27)19-15-8-3-4-9-16(15)22-23-19/h3-10H,11-12H2,1-2H3,(H,21,25)(H,22,23). The van der Waals surface area contributed by atoms with Crippen molar-refractivity contribution < 1.29 is 23.9 Å². The number of anilines is 1. The van der Waals surface area contributed by atoms with Gasteiger partial charge >= 0.3 is 5.97 Å². The van der Waals surface area contributed by atoms with Crippen LogP contribution in [-0.2, 0) is 14.3 Å². The van der Waals surface area contributed by atoms with Crippen LogP contribution in [0.5, 0.6) is 5.75 Å². The number of nitrogens with one attached hydrogen (secondary N) is 2. The first-order chi connectivity index (χ1) is 14.0. The van der Waals surface area contributed by atoms with Gasteiger partial charge in [0.15, 0.2) is 12.3 Å². The van der Waals surface area contributed by atoms with E-state index in [1.165, 1.54) is 19.1 Å². The van der Waals surface area contributed by atoms with Gasteiger partial charge in [-0.2, -0.15) is 5.10 Å². The van der Waals surface area contributed by atoms with Crippen LogP contribution in [0.15, 0.2) is 48.5 Å². The number of rotatable bonds is 7. The maximum atomic E-state index is 12.2. The summed E-state index contributed by atoms with van der Waals surface area (Å²) in [4.78, 5) is 37.7. The summed E-state index contributed by atoms with van der Waals surface area (Å²) in [6, 6.07) is 13.9. The van der Waals surface area contributed by atoms with E-state index in [0.717, 1.165) is 0 Å². The zero-order valence-electron chi connectivity index (χ0n) is 16.0. The first-order valence-electron chi connectivity index (χ1n) is 8.76. The van der Waals surface area contributed by atoms with Crippen molar-refractivity contribution in [2.45, 2.75) is 0 Å². The van der Waals surface area contributed by atoms with Crippen molar-refractivity contribution in [1.82, 2.24) is 15.1 Å². The van der Waals surface area contributed by atoms with E-state index in [1.54, 1.807) is 42.5 Å². The maximum Gasteiger partial charge on any atom is 0.359 e. The van der Waals surface area contributed by atoms with Crippen LogP contribution >= 0.6 is 0 Å². The lowest BCUT2D eigenvalue weighted by molar-refractivity contribution is -0.136. The number of carbonyl (C=O) groups is 3. The van der Waals surface area contributed by atoms with Gasteiger partial charge in [-0.15, -0.1) is 0 Å². The van der Waals surface area contributed by atoms with Gasteiger partial charge in [0.2, 0.25) is 5.91 Å². The average molecular weight is 396 g/mol. The molecule has 3 rings (SSSR count). The van der Waals surface area contributed by atoms with E-state index >= 15 is 0 Å². The lowest BCUT2D eigenvalue weighted by Gasteiger charge is -2.16. The van der Waals surface area contributed by atoms with Gasteiger partial charge in [-0.1, -0.05) is 24.3 Å². The molecule has 9 nitrogen and oxygen atoms in total. The van der Waals surface area contributed by atoms with Gasteiger partial charge in [0.05, 0.1) is 19.2 Å². The second-order valence-electron chi connectivity index (χ2n) is 6.22. The number of aromatic amines is 1. The molecule has 0 spiro atoms. The molecule has 0 aliphatic carbocycles. The van der Waals surface area contributed by atoms with E-state index in [1.807, 2.05) is 6.07 Å². The minimum atomic E-state index is -0.718. The summed E-state index contributed by atoms with van der Waals surface area (Å²) < 4.78 is 10.1. The predicted molar refractivity (Wildman–Crippen MR) is 106 cm³/mol. The van der Waals surface area contributed by atoms with Gasteiger partial charge in [-0.05, 0) is 18.2 Å². The highest BCUT2D eigenvalue weighted by molar-refractivity contribution is 6.02. The number of para-hydroxylation sites is 1. The van der Waals surface area contributed by atoms with Gasteiger partial charge < -0.3 is 19.7 Å². The molecule has 0 saturated carbocycles. The molecular formula is C20H20N4O5.